The summed E-state index contributed by atoms with van der Waals surface area (Å²) >= 11 is 1.63. The molecule has 0 aliphatic rings. The molecule has 0 amide bonds. The van der Waals surface area contributed by atoms with Crippen LogP contribution in [-0.2, 0) is 11.2 Å². The van der Waals surface area contributed by atoms with Gasteiger partial charge >= 0.3 is 5.97 Å². The fraction of sp³-hybridized carbons (Fsp3) is 0.200. The van der Waals surface area contributed by atoms with E-state index in [0.29, 0.717) is 6.42 Å². The van der Waals surface area contributed by atoms with E-state index < -0.39 is 5.97 Å². The normalized spacial score (nSPS) is 10.4. The van der Waals surface area contributed by atoms with Crippen molar-refractivity contribution in [3.63, 3.8) is 0 Å². The number of aromatic nitrogens is 2. The summed E-state index contributed by atoms with van der Waals surface area (Å²) in [6.07, 6.45) is 2.29. The predicted octanol–water partition coefficient (Wildman–Crippen LogP) is 2.16. The molecule has 4 nitrogen and oxygen atoms in total. The zero-order valence-corrected chi connectivity index (χ0v) is 8.75. The first-order valence-corrected chi connectivity index (χ1v) is 5.43. The third-order valence-corrected chi connectivity index (χ3v) is 2.89. The molecule has 0 saturated carbocycles. The Morgan fingerprint density at radius 3 is 3.13 bits per heavy atom. The molecule has 2 aromatic rings. The summed E-state index contributed by atoms with van der Waals surface area (Å²) in [6, 6.07) is 3.97. The number of carboxylic acids is 1. The topological polar surface area (TPSA) is 66.0 Å². The second kappa shape index (κ2) is 4.27. The van der Waals surface area contributed by atoms with Crippen LogP contribution in [0, 0.1) is 0 Å². The van der Waals surface area contributed by atoms with Gasteiger partial charge < -0.3 is 10.1 Å². The first kappa shape index (κ1) is 9.92. The molecule has 0 unspecified atom stereocenters. The van der Waals surface area contributed by atoms with Crippen molar-refractivity contribution in [1.82, 2.24) is 9.97 Å². The average molecular weight is 222 g/mol. The van der Waals surface area contributed by atoms with E-state index >= 15 is 0 Å². The molecular weight excluding hydrogens is 212 g/mol. The van der Waals surface area contributed by atoms with E-state index in [4.69, 9.17) is 5.11 Å². The van der Waals surface area contributed by atoms with E-state index in [1.165, 1.54) is 0 Å². The lowest BCUT2D eigenvalue weighted by molar-refractivity contribution is -0.137. The maximum absolute atomic E-state index is 10.4. The van der Waals surface area contributed by atoms with Crippen LogP contribution in [0.15, 0.2) is 23.7 Å². The quantitative estimate of drug-likeness (QED) is 0.833. The molecule has 2 heterocycles. The van der Waals surface area contributed by atoms with Crippen molar-refractivity contribution in [2.24, 2.45) is 0 Å². The Labute approximate surface area is 90.6 Å². The number of carbonyl (C=O) groups is 1. The van der Waals surface area contributed by atoms with Crippen molar-refractivity contribution in [3.05, 3.63) is 29.5 Å². The van der Waals surface area contributed by atoms with Crippen molar-refractivity contribution in [2.45, 2.75) is 12.8 Å². The largest absolute Gasteiger partial charge is 0.481 e. The van der Waals surface area contributed by atoms with Crippen LogP contribution in [0.2, 0.25) is 0 Å². The highest BCUT2D eigenvalue weighted by molar-refractivity contribution is 7.13. The van der Waals surface area contributed by atoms with Gasteiger partial charge in [-0.05, 0) is 11.4 Å². The Morgan fingerprint density at radius 1 is 1.60 bits per heavy atom. The van der Waals surface area contributed by atoms with Gasteiger partial charge in [-0.2, -0.15) is 0 Å². The molecule has 0 aliphatic heterocycles. The molecule has 0 aliphatic carbocycles. The van der Waals surface area contributed by atoms with Gasteiger partial charge in [-0.3, -0.25) is 4.79 Å². The van der Waals surface area contributed by atoms with Crippen LogP contribution < -0.4 is 0 Å². The number of aryl methyl sites for hydroxylation is 1. The maximum atomic E-state index is 10.4. The number of H-pyrrole nitrogens is 1. The van der Waals surface area contributed by atoms with Crippen LogP contribution in [0.1, 0.15) is 12.2 Å². The molecule has 2 N–H and O–H groups in total. The molecule has 0 aromatic carbocycles. The van der Waals surface area contributed by atoms with E-state index in [0.717, 1.165) is 16.4 Å². The van der Waals surface area contributed by atoms with E-state index in [1.54, 1.807) is 17.5 Å². The predicted molar refractivity (Wildman–Crippen MR) is 57.9 cm³/mol. The zero-order valence-electron chi connectivity index (χ0n) is 7.93. The van der Waals surface area contributed by atoms with Crippen molar-refractivity contribution in [1.29, 1.82) is 0 Å². The van der Waals surface area contributed by atoms with Crippen LogP contribution in [0.3, 0.4) is 0 Å². The molecule has 0 saturated heterocycles. The third kappa shape index (κ3) is 2.44. The number of hydrogen-bond donors (Lipinski definition) is 2. The molecule has 0 atom stereocenters. The summed E-state index contributed by atoms with van der Waals surface area (Å²) in [5, 5.41) is 10.5. The molecule has 0 bridgehead atoms. The number of imidazole rings is 1. The summed E-state index contributed by atoms with van der Waals surface area (Å²) in [7, 11) is 0. The third-order valence-electron chi connectivity index (χ3n) is 1.99. The summed E-state index contributed by atoms with van der Waals surface area (Å²) in [5.41, 5.74) is 0.949. The highest BCUT2D eigenvalue weighted by Gasteiger charge is 2.05. The molecule has 5 heteroatoms. The molecule has 15 heavy (non-hydrogen) atoms. The number of aromatic amines is 1. The fourth-order valence-electron chi connectivity index (χ4n) is 1.27. The highest BCUT2D eigenvalue weighted by atomic mass is 32.1. The Bertz CT molecular complexity index is 448. The lowest BCUT2D eigenvalue weighted by atomic mass is 10.3. The van der Waals surface area contributed by atoms with Crippen LogP contribution in [0.5, 0.6) is 0 Å². The van der Waals surface area contributed by atoms with Gasteiger partial charge in [0.2, 0.25) is 0 Å². The first-order valence-electron chi connectivity index (χ1n) is 4.55. The molecule has 2 aromatic heterocycles. The van der Waals surface area contributed by atoms with Gasteiger partial charge in [0.25, 0.3) is 0 Å². The van der Waals surface area contributed by atoms with Gasteiger partial charge in [0.15, 0.2) is 0 Å². The lowest BCUT2D eigenvalue weighted by Crippen LogP contribution is -1.98. The van der Waals surface area contributed by atoms with Gasteiger partial charge in [-0.25, -0.2) is 4.98 Å². The molecule has 0 fully saturated rings. The van der Waals surface area contributed by atoms with Crippen molar-refractivity contribution >= 4 is 17.3 Å². The fourth-order valence-corrected chi connectivity index (χ4v) is 1.96. The Hall–Kier alpha value is -1.62. The van der Waals surface area contributed by atoms with Crippen LogP contribution in [-0.4, -0.2) is 21.0 Å². The zero-order chi connectivity index (χ0) is 10.7. The number of nitrogens with one attached hydrogen (secondary N) is 1. The van der Waals surface area contributed by atoms with Crippen LogP contribution in [0.4, 0.5) is 0 Å². The minimum absolute atomic E-state index is 0.109. The Kier molecular flexibility index (Phi) is 2.82. The van der Waals surface area contributed by atoms with E-state index in [-0.39, 0.29) is 6.42 Å². The SMILES string of the molecule is O=C(O)CCc1ncc(-c2cccs2)[nH]1. The summed E-state index contributed by atoms with van der Waals surface area (Å²) in [5.74, 6) is -0.0788. The van der Waals surface area contributed by atoms with Gasteiger partial charge in [-0.1, -0.05) is 6.07 Å². The molecular formula is C10H10N2O2S. The van der Waals surface area contributed by atoms with Gasteiger partial charge in [0.05, 0.1) is 23.2 Å². The van der Waals surface area contributed by atoms with Crippen molar-refractivity contribution < 1.29 is 9.90 Å². The van der Waals surface area contributed by atoms with E-state index in [9.17, 15) is 4.79 Å². The number of carboxylic acid groups (broad SMARTS) is 1. The summed E-state index contributed by atoms with van der Waals surface area (Å²) in [4.78, 5) is 18.7. The average Bonchev–Trinajstić information content (AvgIpc) is 2.85. The van der Waals surface area contributed by atoms with Crippen LogP contribution in [0.25, 0.3) is 10.6 Å². The standard InChI is InChI=1S/C10H10N2O2S/c13-10(14)4-3-9-11-6-7(12-9)8-2-1-5-15-8/h1-2,5-6H,3-4H2,(H,11,12)(H,13,14). The molecule has 2 rings (SSSR count). The Balaban J connectivity index is 2.08. The Morgan fingerprint density at radius 2 is 2.47 bits per heavy atom. The monoisotopic (exact) mass is 222 g/mol. The van der Waals surface area contributed by atoms with E-state index in [2.05, 4.69) is 9.97 Å². The minimum Gasteiger partial charge on any atom is -0.481 e. The lowest BCUT2D eigenvalue weighted by Gasteiger charge is -1.92. The number of rotatable bonds is 4. The number of thiophene rings is 1. The number of hydrogen-bond acceptors (Lipinski definition) is 3. The second-order valence-corrected chi connectivity index (χ2v) is 4.06. The van der Waals surface area contributed by atoms with Crippen molar-refractivity contribution in [2.75, 3.05) is 0 Å². The maximum Gasteiger partial charge on any atom is 0.303 e. The molecule has 0 spiro atoms. The highest BCUT2D eigenvalue weighted by Crippen LogP contribution is 2.22. The van der Waals surface area contributed by atoms with Gasteiger partial charge in [0.1, 0.15) is 5.82 Å². The number of aliphatic carboxylic acids is 1. The smallest absolute Gasteiger partial charge is 0.303 e. The van der Waals surface area contributed by atoms with E-state index in [1.807, 2.05) is 17.5 Å². The summed E-state index contributed by atoms with van der Waals surface area (Å²) in [6.45, 7) is 0. The minimum atomic E-state index is -0.802. The molecule has 78 valence electrons. The molecule has 0 radical (unpaired) electrons. The first-order chi connectivity index (χ1) is 7.25. The number of nitrogens with zero attached hydrogens (tertiary/aromatic N) is 1. The van der Waals surface area contributed by atoms with Crippen LogP contribution >= 0.6 is 11.3 Å². The second-order valence-electron chi connectivity index (χ2n) is 3.11. The van der Waals surface area contributed by atoms with Gasteiger partial charge in [-0.15, -0.1) is 11.3 Å². The van der Waals surface area contributed by atoms with Crippen molar-refractivity contribution in [3.8, 4) is 10.6 Å². The van der Waals surface area contributed by atoms with Gasteiger partial charge in [0, 0.05) is 6.42 Å². The summed E-state index contributed by atoms with van der Waals surface area (Å²) < 4.78 is 0.